The Hall–Kier alpha value is -3.34. The van der Waals surface area contributed by atoms with Crippen molar-refractivity contribution >= 4 is 46.1 Å². The van der Waals surface area contributed by atoms with E-state index in [0.29, 0.717) is 13.0 Å². The highest BCUT2D eigenvalue weighted by molar-refractivity contribution is 6.33. The van der Waals surface area contributed by atoms with Gasteiger partial charge in [0.1, 0.15) is 29.3 Å². The average molecular weight is 536 g/mol. The number of benzene rings is 1. The molecule has 2 aromatic rings. The van der Waals surface area contributed by atoms with Crippen molar-refractivity contribution in [2.45, 2.75) is 51.1 Å². The first-order chi connectivity index (χ1) is 17.4. The third-order valence-electron chi connectivity index (χ3n) is 7.48. The van der Waals surface area contributed by atoms with Gasteiger partial charge < -0.3 is 31.0 Å². The van der Waals surface area contributed by atoms with E-state index in [2.05, 4.69) is 5.32 Å². The Kier molecular flexibility index (Phi) is 7.11. The SMILES string of the molecule is COc1c(Cl)cc(F)c2c1cc(C(N)=O)n2[C@@H](CC1CC1)C(=O)N[C@@H](C[C@@]1(C)CCN(C)C1=O)C(N)=O. The molecule has 1 aliphatic carbocycles. The number of carbonyl (C=O) groups excluding carboxylic acids is 4. The molecule has 37 heavy (non-hydrogen) atoms. The minimum atomic E-state index is -1.15. The van der Waals surface area contributed by atoms with Gasteiger partial charge in [-0.15, -0.1) is 0 Å². The second-order valence-electron chi connectivity index (χ2n) is 10.3. The van der Waals surface area contributed by atoms with Crippen molar-refractivity contribution in [3.05, 3.63) is 28.7 Å². The molecule has 10 nitrogen and oxygen atoms in total. The van der Waals surface area contributed by atoms with Crippen molar-refractivity contribution in [3.8, 4) is 5.75 Å². The molecule has 1 saturated heterocycles. The number of hydrogen-bond donors (Lipinski definition) is 3. The van der Waals surface area contributed by atoms with Gasteiger partial charge in [0.15, 0.2) is 0 Å². The number of fused-ring (bicyclic) bond motifs is 1. The van der Waals surface area contributed by atoms with Gasteiger partial charge >= 0.3 is 0 Å². The van der Waals surface area contributed by atoms with Gasteiger partial charge in [-0.2, -0.15) is 0 Å². The lowest BCUT2D eigenvalue weighted by Gasteiger charge is -2.29. The Morgan fingerprint density at radius 2 is 1.97 bits per heavy atom. The molecule has 0 bridgehead atoms. The highest BCUT2D eigenvalue weighted by atomic mass is 35.5. The van der Waals surface area contributed by atoms with Crippen molar-refractivity contribution in [2.75, 3.05) is 20.7 Å². The van der Waals surface area contributed by atoms with E-state index < -0.39 is 41.0 Å². The smallest absolute Gasteiger partial charge is 0.265 e. The van der Waals surface area contributed by atoms with Crippen LogP contribution in [0.5, 0.6) is 5.75 Å². The summed E-state index contributed by atoms with van der Waals surface area (Å²) in [6.07, 6.45) is 2.54. The molecule has 1 aromatic carbocycles. The number of amides is 4. The first kappa shape index (κ1) is 26.7. The molecule has 1 aliphatic heterocycles. The van der Waals surface area contributed by atoms with Crippen molar-refractivity contribution in [1.82, 2.24) is 14.8 Å². The van der Waals surface area contributed by atoms with Crippen LogP contribution in [0.4, 0.5) is 4.39 Å². The van der Waals surface area contributed by atoms with Crippen molar-refractivity contribution in [3.63, 3.8) is 0 Å². The number of aromatic nitrogens is 1. The van der Waals surface area contributed by atoms with Gasteiger partial charge in [-0.05, 0) is 37.3 Å². The number of likely N-dealkylation sites (tertiary alicyclic amines) is 1. The number of nitrogens with zero attached hydrogens (tertiary/aromatic N) is 2. The Balaban J connectivity index is 1.76. The predicted molar refractivity (Wildman–Crippen MR) is 134 cm³/mol. The Morgan fingerprint density at radius 1 is 1.30 bits per heavy atom. The van der Waals surface area contributed by atoms with Gasteiger partial charge in [0.2, 0.25) is 17.7 Å². The minimum Gasteiger partial charge on any atom is -0.494 e. The zero-order valence-electron chi connectivity index (χ0n) is 21.0. The molecule has 4 rings (SSSR count). The first-order valence-corrected chi connectivity index (χ1v) is 12.5. The molecule has 0 spiro atoms. The number of rotatable bonds is 10. The molecule has 12 heteroatoms. The molecule has 2 aliphatic rings. The lowest BCUT2D eigenvalue weighted by Crippen LogP contribution is -2.50. The summed E-state index contributed by atoms with van der Waals surface area (Å²) < 4.78 is 21.9. The highest BCUT2D eigenvalue weighted by Crippen LogP contribution is 2.43. The van der Waals surface area contributed by atoms with Crippen LogP contribution in [-0.2, 0) is 14.4 Å². The van der Waals surface area contributed by atoms with Crippen LogP contribution >= 0.6 is 11.6 Å². The third kappa shape index (κ3) is 4.96. The number of carbonyl (C=O) groups is 4. The Labute approximate surface area is 218 Å². The van der Waals surface area contributed by atoms with E-state index in [4.69, 9.17) is 27.8 Å². The van der Waals surface area contributed by atoms with Crippen LogP contribution in [0.3, 0.4) is 0 Å². The summed E-state index contributed by atoms with van der Waals surface area (Å²) >= 11 is 6.15. The summed E-state index contributed by atoms with van der Waals surface area (Å²) in [7, 11) is 3.03. The van der Waals surface area contributed by atoms with E-state index in [1.54, 1.807) is 18.9 Å². The molecule has 4 amide bonds. The van der Waals surface area contributed by atoms with E-state index in [-0.39, 0.29) is 52.0 Å². The van der Waals surface area contributed by atoms with E-state index in [1.807, 2.05) is 0 Å². The van der Waals surface area contributed by atoms with Gasteiger partial charge in [-0.1, -0.05) is 31.4 Å². The largest absolute Gasteiger partial charge is 0.494 e. The molecule has 200 valence electrons. The topological polar surface area (TPSA) is 150 Å². The van der Waals surface area contributed by atoms with Crippen LogP contribution < -0.4 is 21.5 Å². The summed E-state index contributed by atoms with van der Waals surface area (Å²) in [5, 5.41) is 2.86. The van der Waals surface area contributed by atoms with Gasteiger partial charge in [0.05, 0.1) is 23.1 Å². The van der Waals surface area contributed by atoms with Crippen LogP contribution in [0.15, 0.2) is 12.1 Å². The predicted octanol–water partition coefficient (Wildman–Crippen LogP) is 2.11. The van der Waals surface area contributed by atoms with Crippen molar-refractivity contribution in [2.24, 2.45) is 22.8 Å². The quantitative estimate of drug-likeness (QED) is 0.426. The number of nitrogens with two attached hydrogens (primary N) is 2. The van der Waals surface area contributed by atoms with Gasteiger partial charge in [0, 0.05) is 19.0 Å². The number of ether oxygens (including phenoxy) is 1. The number of methoxy groups -OCH3 is 1. The highest BCUT2D eigenvalue weighted by Gasteiger charge is 2.44. The van der Waals surface area contributed by atoms with Crippen LogP contribution in [0.25, 0.3) is 10.9 Å². The number of hydrogen-bond acceptors (Lipinski definition) is 5. The Morgan fingerprint density at radius 3 is 2.49 bits per heavy atom. The summed E-state index contributed by atoms with van der Waals surface area (Å²) in [6, 6.07) is 0.163. The lowest BCUT2D eigenvalue weighted by molar-refractivity contribution is -0.136. The van der Waals surface area contributed by atoms with Crippen LogP contribution in [0.2, 0.25) is 5.02 Å². The zero-order chi connectivity index (χ0) is 27.2. The van der Waals surface area contributed by atoms with Gasteiger partial charge in [-0.3, -0.25) is 19.2 Å². The molecular formula is C25H31ClFN5O5. The number of nitrogens with one attached hydrogen (secondary N) is 1. The molecule has 1 aromatic heterocycles. The fourth-order valence-electron chi connectivity index (χ4n) is 5.25. The average Bonchev–Trinajstić information content (AvgIpc) is 3.51. The monoisotopic (exact) mass is 535 g/mol. The van der Waals surface area contributed by atoms with Crippen molar-refractivity contribution in [1.29, 1.82) is 0 Å². The van der Waals surface area contributed by atoms with Crippen LogP contribution in [0, 0.1) is 17.2 Å². The summed E-state index contributed by atoms with van der Waals surface area (Å²) in [4.78, 5) is 52.8. The molecule has 1 saturated carbocycles. The number of primary amides is 2. The fourth-order valence-corrected chi connectivity index (χ4v) is 5.52. The lowest BCUT2D eigenvalue weighted by atomic mass is 9.81. The van der Waals surface area contributed by atoms with Gasteiger partial charge in [0.25, 0.3) is 5.91 Å². The molecular weight excluding hydrogens is 505 g/mol. The molecule has 2 heterocycles. The molecule has 0 unspecified atom stereocenters. The maximum Gasteiger partial charge on any atom is 0.265 e. The Bertz CT molecular complexity index is 1290. The van der Waals surface area contributed by atoms with E-state index in [0.717, 1.165) is 18.9 Å². The summed E-state index contributed by atoms with van der Waals surface area (Å²) in [6.45, 7) is 2.26. The maximum absolute atomic E-state index is 15.3. The van der Waals surface area contributed by atoms with Gasteiger partial charge in [-0.25, -0.2) is 4.39 Å². The van der Waals surface area contributed by atoms with E-state index >= 15 is 4.39 Å². The minimum absolute atomic E-state index is 0.00269. The third-order valence-corrected chi connectivity index (χ3v) is 7.76. The molecule has 0 radical (unpaired) electrons. The fraction of sp³-hybridized carbons (Fsp3) is 0.520. The van der Waals surface area contributed by atoms with E-state index in [9.17, 15) is 19.2 Å². The first-order valence-electron chi connectivity index (χ1n) is 12.1. The maximum atomic E-state index is 15.3. The normalized spacial score (nSPS) is 21.2. The standard InChI is InChI=1S/C25H31ClFN5O5/c1-25(6-7-31(2)24(25)36)11-16(21(28)33)30-23(35)18(8-12-4-5-12)32-17(22(29)34)9-13-19(32)15(27)10-14(26)20(13)37-3/h9-10,12,16,18H,4-8,11H2,1-3H3,(H2,28,33)(H2,29,34)(H,30,35)/t16-,18-,25+/m0/s1. The van der Waals surface area contributed by atoms with Crippen LogP contribution in [0.1, 0.15) is 55.6 Å². The van der Waals surface area contributed by atoms with Crippen molar-refractivity contribution < 1.29 is 28.3 Å². The summed E-state index contributed by atoms with van der Waals surface area (Å²) in [5.41, 5.74) is 10.2. The van der Waals surface area contributed by atoms with E-state index in [1.165, 1.54) is 17.7 Å². The molecule has 5 N–H and O–H groups in total. The number of halogens is 2. The second kappa shape index (κ2) is 9.85. The van der Waals surface area contributed by atoms with Crippen LogP contribution in [-0.4, -0.2) is 59.8 Å². The summed E-state index contributed by atoms with van der Waals surface area (Å²) in [5.74, 6) is -2.90. The zero-order valence-corrected chi connectivity index (χ0v) is 21.7. The molecule has 3 atom stereocenters. The second-order valence-corrected chi connectivity index (χ2v) is 10.7. The molecule has 2 fully saturated rings.